The van der Waals surface area contributed by atoms with Gasteiger partial charge in [0.1, 0.15) is 0 Å². The van der Waals surface area contributed by atoms with Gasteiger partial charge < -0.3 is 19.8 Å². The van der Waals surface area contributed by atoms with E-state index in [9.17, 15) is 14.7 Å². The first-order valence-electron chi connectivity index (χ1n) is 9.23. The van der Waals surface area contributed by atoms with Gasteiger partial charge in [-0.25, -0.2) is 0 Å². The number of carbonyl (C=O) groups is 2. The van der Waals surface area contributed by atoms with Crippen molar-refractivity contribution in [3.8, 4) is 0 Å². The molecule has 0 aromatic carbocycles. The quantitative estimate of drug-likeness (QED) is 0.844. The molecule has 0 bridgehead atoms. The van der Waals surface area contributed by atoms with Crippen LogP contribution >= 0.6 is 0 Å². The number of piperidine rings is 1. The molecule has 0 saturated carbocycles. The molecule has 1 aromatic rings. The molecule has 26 heavy (non-hydrogen) atoms. The van der Waals surface area contributed by atoms with Crippen molar-refractivity contribution in [3.05, 3.63) is 30.1 Å². The van der Waals surface area contributed by atoms with Gasteiger partial charge in [-0.3, -0.25) is 14.6 Å². The monoisotopic (exact) mass is 360 g/mol. The summed E-state index contributed by atoms with van der Waals surface area (Å²) in [5, 5.41) is 10.6. The van der Waals surface area contributed by atoms with E-state index in [-0.39, 0.29) is 17.7 Å². The maximum Gasteiger partial charge on any atom is 0.253 e. The molecule has 2 saturated heterocycles. The van der Waals surface area contributed by atoms with Crippen LogP contribution < -0.4 is 0 Å². The van der Waals surface area contributed by atoms with E-state index in [2.05, 4.69) is 4.98 Å². The highest BCUT2D eigenvalue weighted by atomic mass is 16.3. The summed E-state index contributed by atoms with van der Waals surface area (Å²) in [5.74, 6) is 0.0636. The molecular formula is C19H28N4O3. The van der Waals surface area contributed by atoms with Gasteiger partial charge in [0.15, 0.2) is 0 Å². The van der Waals surface area contributed by atoms with Gasteiger partial charge in [-0.2, -0.15) is 0 Å². The average Bonchev–Trinajstić information content (AvgIpc) is 3.02. The fraction of sp³-hybridized carbons (Fsp3) is 0.632. The number of aromatic nitrogens is 1. The highest BCUT2D eigenvalue weighted by Crippen LogP contribution is 2.27. The van der Waals surface area contributed by atoms with Gasteiger partial charge in [0.25, 0.3) is 5.91 Å². The second kappa shape index (κ2) is 7.72. The van der Waals surface area contributed by atoms with Crippen molar-refractivity contribution in [3.63, 3.8) is 0 Å². The fourth-order valence-corrected chi connectivity index (χ4v) is 4.03. The van der Waals surface area contributed by atoms with E-state index in [0.717, 1.165) is 0 Å². The van der Waals surface area contributed by atoms with E-state index < -0.39 is 5.60 Å². The number of hydrogen-bond acceptors (Lipinski definition) is 5. The number of aliphatic hydroxyl groups is 1. The summed E-state index contributed by atoms with van der Waals surface area (Å²) in [6, 6.07) is 3.44. The minimum atomic E-state index is -0.808. The fourth-order valence-electron chi connectivity index (χ4n) is 4.03. The van der Waals surface area contributed by atoms with Gasteiger partial charge >= 0.3 is 0 Å². The molecule has 1 aromatic heterocycles. The van der Waals surface area contributed by atoms with Crippen LogP contribution in [0.1, 0.15) is 29.6 Å². The Morgan fingerprint density at radius 2 is 1.85 bits per heavy atom. The molecule has 7 nitrogen and oxygen atoms in total. The van der Waals surface area contributed by atoms with Gasteiger partial charge in [0, 0.05) is 50.1 Å². The second-order valence-electron chi connectivity index (χ2n) is 7.77. The molecule has 142 valence electrons. The lowest BCUT2D eigenvalue weighted by Gasteiger charge is -2.33. The minimum absolute atomic E-state index is 0.000158. The van der Waals surface area contributed by atoms with Gasteiger partial charge in [0.2, 0.25) is 5.91 Å². The van der Waals surface area contributed by atoms with E-state index >= 15 is 0 Å². The summed E-state index contributed by atoms with van der Waals surface area (Å²) < 4.78 is 0. The molecule has 0 unspecified atom stereocenters. The van der Waals surface area contributed by atoms with Gasteiger partial charge in [-0.1, -0.05) is 0 Å². The molecule has 2 amide bonds. The Labute approximate surface area is 154 Å². The number of amides is 2. The van der Waals surface area contributed by atoms with E-state index in [1.807, 2.05) is 23.9 Å². The first kappa shape index (κ1) is 18.8. The predicted octanol–water partition coefficient (Wildman–Crippen LogP) is 0.459. The molecule has 1 N–H and O–H groups in total. The first-order chi connectivity index (χ1) is 12.4. The second-order valence-corrected chi connectivity index (χ2v) is 7.77. The van der Waals surface area contributed by atoms with Gasteiger partial charge in [-0.15, -0.1) is 0 Å². The van der Waals surface area contributed by atoms with Crippen molar-refractivity contribution >= 4 is 11.8 Å². The number of nitrogens with zero attached hydrogens (tertiary/aromatic N) is 4. The number of likely N-dealkylation sites (N-methyl/N-ethyl adjacent to an activating group) is 1. The largest absolute Gasteiger partial charge is 0.387 e. The molecule has 0 aliphatic carbocycles. The zero-order valence-corrected chi connectivity index (χ0v) is 15.6. The molecule has 1 atom stereocenters. The zero-order valence-electron chi connectivity index (χ0n) is 15.6. The van der Waals surface area contributed by atoms with E-state index in [1.165, 1.54) is 0 Å². The third-order valence-corrected chi connectivity index (χ3v) is 5.31. The molecular weight excluding hydrogens is 332 g/mol. The third-order valence-electron chi connectivity index (χ3n) is 5.31. The lowest BCUT2D eigenvalue weighted by Crippen LogP contribution is -2.46. The van der Waals surface area contributed by atoms with Crippen molar-refractivity contribution in [1.29, 1.82) is 0 Å². The molecule has 3 heterocycles. The zero-order chi connectivity index (χ0) is 18.7. The van der Waals surface area contributed by atoms with Crippen molar-refractivity contribution in [1.82, 2.24) is 19.7 Å². The third kappa shape index (κ3) is 4.22. The Hall–Kier alpha value is -1.99. The number of pyridine rings is 1. The van der Waals surface area contributed by atoms with Crippen LogP contribution in [0.25, 0.3) is 0 Å². The Morgan fingerprint density at radius 3 is 2.46 bits per heavy atom. The molecule has 2 aliphatic rings. The Kier molecular flexibility index (Phi) is 5.58. The summed E-state index contributed by atoms with van der Waals surface area (Å²) in [6.07, 6.45) is 5.21. The predicted molar refractivity (Wildman–Crippen MR) is 97.6 cm³/mol. The van der Waals surface area contributed by atoms with Crippen molar-refractivity contribution in [2.45, 2.75) is 24.9 Å². The van der Waals surface area contributed by atoms with Crippen molar-refractivity contribution in [2.24, 2.45) is 5.92 Å². The van der Waals surface area contributed by atoms with Crippen LogP contribution in [0, 0.1) is 5.92 Å². The maximum atomic E-state index is 12.8. The van der Waals surface area contributed by atoms with Crippen molar-refractivity contribution in [2.75, 3.05) is 46.8 Å². The van der Waals surface area contributed by atoms with Gasteiger partial charge in [-0.05, 0) is 45.5 Å². The highest BCUT2D eigenvalue weighted by Gasteiger charge is 2.40. The standard InChI is InChI=1S/C19H28N4O3/c1-21(2)13-19(26)7-12-23(14-19)18(25)16-5-10-22(11-6-16)17(24)15-3-8-20-9-4-15/h3-4,8-9,16,26H,5-7,10-14H2,1-2H3/t19-/m0/s1. The first-order valence-corrected chi connectivity index (χ1v) is 9.23. The SMILES string of the molecule is CN(C)C[C@@]1(O)CCN(C(=O)C2CCN(C(=O)c3ccncc3)CC2)C1. The molecule has 7 heteroatoms. The number of rotatable bonds is 4. The summed E-state index contributed by atoms with van der Waals surface area (Å²) in [4.78, 5) is 34.8. The number of likely N-dealkylation sites (tertiary alicyclic amines) is 2. The van der Waals surface area contributed by atoms with Crippen LogP contribution in [0.3, 0.4) is 0 Å². The van der Waals surface area contributed by atoms with E-state index in [0.29, 0.717) is 57.5 Å². The summed E-state index contributed by atoms with van der Waals surface area (Å²) in [6.45, 7) is 2.76. The molecule has 2 fully saturated rings. The summed E-state index contributed by atoms with van der Waals surface area (Å²) in [5.41, 5.74) is -0.171. The maximum absolute atomic E-state index is 12.8. The van der Waals surface area contributed by atoms with Crippen molar-refractivity contribution < 1.29 is 14.7 Å². The van der Waals surface area contributed by atoms with Crippen LogP contribution in [0.5, 0.6) is 0 Å². The lowest BCUT2D eigenvalue weighted by molar-refractivity contribution is -0.137. The topological polar surface area (TPSA) is 77.0 Å². The summed E-state index contributed by atoms with van der Waals surface area (Å²) in [7, 11) is 3.86. The molecule has 0 radical (unpaired) electrons. The van der Waals surface area contributed by atoms with E-state index in [4.69, 9.17) is 0 Å². The molecule has 0 spiro atoms. The normalized spacial score (nSPS) is 24.3. The van der Waals surface area contributed by atoms with Crippen LogP contribution in [-0.2, 0) is 4.79 Å². The minimum Gasteiger partial charge on any atom is -0.387 e. The number of hydrogen-bond donors (Lipinski definition) is 1. The number of β-amino-alcohol motifs (C(OH)–C–C–N with tert-alkyl or cyclic N) is 1. The Morgan fingerprint density at radius 1 is 1.19 bits per heavy atom. The van der Waals surface area contributed by atoms with Crippen LogP contribution in [0.4, 0.5) is 0 Å². The van der Waals surface area contributed by atoms with Crippen LogP contribution in [-0.4, -0.2) is 89.0 Å². The molecule has 3 rings (SSSR count). The summed E-state index contributed by atoms with van der Waals surface area (Å²) >= 11 is 0. The number of carbonyl (C=O) groups excluding carboxylic acids is 2. The smallest absolute Gasteiger partial charge is 0.253 e. The van der Waals surface area contributed by atoms with Crippen LogP contribution in [0.15, 0.2) is 24.5 Å². The van der Waals surface area contributed by atoms with E-state index in [1.54, 1.807) is 29.4 Å². The highest BCUT2D eigenvalue weighted by molar-refractivity contribution is 5.94. The van der Waals surface area contributed by atoms with Gasteiger partial charge in [0.05, 0.1) is 12.1 Å². The Balaban J connectivity index is 1.52. The average molecular weight is 360 g/mol. The van der Waals surface area contributed by atoms with Crippen LogP contribution in [0.2, 0.25) is 0 Å². The Bertz CT molecular complexity index is 643. The lowest BCUT2D eigenvalue weighted by atomic mass is 9.94. The molecule has 2 aliphatic heterocycles.